The molecule has 24 heavy (non-hydrogen) atoms. The second kappa shape index (κ2) is 6.93. The number of aryl methyl sites for hydroxylation is 2. The van der Waals surface area contributed by atoms with Crippen molar-refractivity contribution >= 4 is 23.1 Å². The summed E-state index contributed by atoms with van der Waals surface area (Å²) in [4.78, 5) is 17.0. The van der Waals surface area contributed by atoms with E-state index in [9.17, 15) is 4.79 Å². The van der Waals surface area contributed by atoms with Gasteiger partial charge in [0, 0.05) is 17.3 Å². The van der Waals surface area contributed by atoms with Crippen molar-refractivity contribution in [3.63, 3.8) is 0 Å². The third kappa shape index (κ3) is 3.95. The summed E-state index contributed by atoms with van der Waals surface area (Å²) in [6.07, 6.45) is 0. The standard InChI is InChI=1S/C17H27N5OS/c1-8-22-12(4)14(10(2)21-22)20-16(23)18-11(3)15-19-13(9-24-15)17(5,6)7/h9,11H,8H2,1-7H3,(H2,18,20,23). The largest absolute Gasteiger partial charge is 0.329 e. The molecule has 7 heteroatoms. The first kappa shape index (κ1) is 18.4. The predicted octanol–water partition coefficient (Wildman–Crippen LogP) is 4.16. The number of thiazole rings is 1. The van der Waals surface area contributed by atoms with E-state index in [2.05, 4.69) is 46.9 Å². The summed E-state index contributed by atoms with van der Waals surface area (Å²) in [5.41, 5.74) is 3.62. The number of hydrogen-bond donors (Lipinski definition) is 2. The van der Waals surface area contributed by atoms with Crippen LogP contribution in [0.3, 0.4) is 0 Å². The number of carbonyl (C=O) groups is 1. The van der Waals surface area contributed by atoms with Gasteiger partial charge in [-0.2, -0.15) is 5.10 Å². The fraction of sp³-hybridized carbons (Fsp3) is 0.588. The Morgan fingerprint density at radius 2 is 2.04 bits per heavy atom. The van der Waals surface area contributed by atoms with Crippen molar-refractivity contribution in [2.75, 3.05) is 5.32 Å². The number of amides is 2. The fourth-order valence-corrected chi connectivity index (χ4v) is 3.48. The number of aromatic nitrogens is 3. The van der Waals surface area contributed by atoms with Crippen LogP contribution < -0.4 is 10.6 Å². The molecule has 0 aliphatic carbocycles. The van der Waals surface area contributed by atoms with Gasteiger partial charge in [0.05, 0.1) is 28.8 Å². The van der Waals surface area contributed by atoms with E-state index in [-0.39, 0.29) is 17.5 Å². The van der Waals surface area contributed by atoms with Crippen molar-refractivity contribution < 1.29 is 4.79 Å². The first-order chi connectivity index (χ1) is 11.1. The summed E-state index contributed by atoms with van der Waals surface area (Å²) in [5.74, 6) is 0. The maximum absolute atomic E-state index is 12.3. The van der Waals surface area contributed by atoms with Crippen LogP contribution in [0.2, 0.25) is 0 Å². The third-order valence-corrected chi connectivity index (χ3v) is 4.96. The number of rotatable bonds is 4. The smallest absolute Gasteiger partial charge is 0.319 e. The minimum atomic E-state index is -0.239. The van der Waals surface area contributed by atoms with Crippen molar-refractivity contribution in [3.05, 3.63) is 27.5 Å². The molecule has 1 atom stereocenters. The Morgan fingerprint density at radius 1 is 1.38 bits per heavy atom. The van der Waals surface area contributed by atoms with Crippen molar-refractivity contribution in [3.8, 4) is 0 Å². The average molecular weight is 350 g/mol. The van der Waals surface area contributed by atoms with Crippen LogP contribution in [-0.4, -0.2) is 20.8 Å². The molecule has 0 aliphatic heterocycles. The molecule has 0 bridgehead atoms. The van der Waals surface area contributed by atoms with E-state index in [0.717, 1.165) is 34.3 Å². The van der Waals surface area contributed by atoms with Gasteiger partial charge in [0.1, 0.15) is 5.01 Å². The first-order valence-electron chi connectivity index (χ1n) is 8.21. The first-order valence-corrected chi connectivity index (χ1v) is 9.08. The zero-order chi connectivity index (χ0) is 18.1. The van der Waals surface area contributed by atoms with Gasteiger partial charge in [0.25, 0.3) is 0 Å². The summed E-state index contributed by atoms with van der Waals surface area (Å²) in [7, 11) is 0. The molecule has 1 unspecified atom stereocenters. The van der Waals surface area contributed by atoms with Crippen LogP contribution >= 0.6 is 11.3 Å². The van der Waals surface area contributed by atoms with Crippen molar-refractivity contribution in [2.24, 2.45) is 0 Å². The summed E-state index contributed by atoms with van der Waals surface area (Å²) in [6.45, 7) is 15.0. The van der Waals surface area contributed by atoms with E-state index in [1.165, 1.54) is 0 Å². The molecule has 2 N–H and O–H groups in total. The van der Waals surface area contributed by atoms with Gasteiger partial charge >= 0.3 is 6.03 Å². The zero-order valence-electron chi connectivity index (χ0n) is 15.5. The summed E-state index contributed by atoms with van der Waals surface area (Å²) in [5, 5.41) is 13.3. The lowest BCUT2D eigenvalue weighted by atomic mass is 9.93. The van der Waals surface area contributed by atoms with Crippen LogP contribution in [0.4, 0.5) is 10.5 Å². The van der Waals surface area contributed by atoms with Gasteiger partial charge in [-0.25, -0.2) is 9.78 Å². The third-order valence-electron chi connectivity index (χ3n) is 3.93. The Kier molecular flexibility index (Phi) is 5.32. The van der Waals surface area contributed by atoms with E-state index in [1.807, 2.05) is 32.4 Å². The highest BCUT2D eigenvalue weighted by Crippen LogP contribution is 2.27. The van der Waals surface area contributed by atoms with E-state index < -0.39 is 0 Å². The second-order valence-electron chi connectivity index (χ2n) is 7.00. The lowest BCUT2D eigenvalue weighted by molar-refractivity contribution is 0.249. The van der Waals surface area contributed by atoms with Gasteiger partial charge in [-0.15, -0.1) is 11.3 Å². The molecule has 0 radical (unpaired) electrons. The number of anilines is 1. The molecule has 0 aliphatic rings. The van der Waals surface area contributed by atoms with Crippen LogP contribution in [0.1, 0.15) is 62.7 Å². The number of carbonyl (C=O) groups excluding carboxylic acids is 1. The average Bonchev–Trinajstić information content (AvgIpc) is 3.07. The Bertz CT molecular complexity index is 726. The quantitative estimate of drug-likeness (QED) is 0.871. The molecule has 0 aromatic carbocycles. The van der Waals surface area contributed by atoms with E-state index in [1.54, 1.807) is 11.3 Å². The molecular formula is C17H27N5OS. The van der Waals surface area contributed by atoms with Crippen LogP contribution in [0, 0.1) is 13.8 Å². The summed E-state index contributed by atoms with van der Waals surface area (Å²) >= 11 is 1.58. The lowest BCUT2D eigenvalue weighted by Crippen LogP contribution is -2.31. The summed E-state index contributed by atoms with van der Waals surface area (Å²) in [6, 6.07) is -0.384. The van der Waals surface area contributed by atoms with Crippen molar-refractivity contribution in [2.45, 2.75) is 66.5 Å². The fourth-order valence-electron chi connectivity index (χ4n) is 2.42. The van der Waals surface area contributed by atoms with E-state index in [0.29, 0.717) is 0 Å². The van der Waals surface area contributed by atoms with Gasteiger partial charge in [0.15, 0.2) is 0 Å². The minimum absolute atomic E-state index is 0.0136. The van der Waals surface area contributed by atoms with Gasteiger partial charge in [0.2, 0.25) is 0 Å². The Hall–Kier alpha value is -1.89. The zero-order valence-corrected chi connectivity index (χ0v) is 16.3. The maximum atomic E-state index is 12.3. The number of hydrogen-bond acceptors (Lipinski definition) is 4. The maximum Gasteiger partial charge on any atom is 0.319 e. The van der Waals surface area contributed by atoms with Gasteiger partial charge < -0.3 is 10.6 Å². The number of urea groups is 1. The Morgan fingerprint density at radius 3 is 2.54 bits per heavy atom. The molecule has 0 fully saturated rings. The Balaban J connectivity index is 2.04. The highest BCUT2D eigenvalue weighted by molar-refractivity contribution is 7.09. The molecule has 0 spiro atoms. The minimum Gasteiger partial charge on any atom is -0.329 e. The summed E-state index contributed by atoms with van der Waals surface area (Å²) < 4.78 is 1.88. The van der Waals surface area contributed by atoms with Crippen molar-refractivity contribution in [1.82, 2.24) is 20.1 Å². The molecule has 2 rings (SSSR count). The highest BCUT2D eigenvalue weighted by Gasteiger charge is 2.21. The molecule has 0 saturated heterocycles. The molecule has 6 nitrogen and oxygen atoms in total. The van der Waals surface area contributed by atoms with E-state index in [4.69, 9.17) is 0 Å². The molecule has 2 aromatic rings. The second-order valence-corrected chi connectivity index (χ2v) is 7.89. The van der Waals surface area contributed by atoms with Gasteiger partial charge in [-0.1, -0.05) is 20.8 Å². The van der Waals surface area contributed by atoms with Crippen LogP contribution in [0.25, 0.3) is 0 Å². The monoisotopic (exact) mass is 349 g/mol. The SMILES string of the molecule is CCn1nc(C)c(NC(=O)NC(C)c2nc(C(C)(C)C)cs2)c1C. The molecule has 132 valence electrons. The van der Waals surface area contributed by atoms with Crippen molar-refractivity contribution in [1.29, 1.82) is 0 Å². The lowest BCUT2D eigenvalue weighted by Gasteiger charge is -2.15. The molecular weight excluding hydrogens is 322 g/mol. The van der Waals surface area contributed by atoms with Gasteiger partial charge in [-0.05, 0) is 27.7 Å². The molecule has 0 saturated carbocycles. The topological polar surface area (TPSA) is 71.8 Å². The molecule has 2 amide bonds. The van der Waals surface area contributed by atoms with Crippen LogP contribution in [0.15, 0.2) is 5.38 Å². The molecule has 2 heterocycles. The van der Waals surface area contributed by atoms with Crippen LogP contribution in [-0.2, 0) is 12.0 Å². The van der Waals surface area contributed by atoms with E-state index >= 15 is 0 Å². The number of nitrogens with zero attached hydrogens (tertiary/aromatic N) is 3. The Labute approximate surface area is 147 Å². The highest BCUT2D eigenvalue weighted by atomic mass is 32.1. The number of nitrogens with one attached hydrogen (secondary N) is 2. The van der Waals surface area contributed by atoms with Crippen LogP contribution in [0.5, 0.6) is 0 Å². The molecule has 2 aromatic heterocycles. The van der Waals surface area contributed by atoms with Gasteiger partial charge in [-0.3, -0.25) is 4.68 Å². The predicted molar refractivity (Wildman–Crippen MR) is 98.8 cm³/mol. The normalized spacial score (nSPS) is 13.0.